The van der Waals surface area contributed by atoms with Gasteiger partial charge in [-0.25, -0.2) is 4.79 Å². The van der Waals surface area contributed by atoms with E-state index in [9.17, 15) is 4.79 Å². The van der Waals surface area contributed by atoms with E-state index in [1.165, 1.54) is 0 Å². The molecular weight excluding hydrogens is 436 g/mol. The highest BCUT2D eigenvalue weighted by Crippen LogP contribution is 2.29. The molecular formula is C24H22N6O2S. The predicted molar refractivity (Wildman–Crippen MR) is 129 cm³/mol. The summed E-state index contributed by atoms with van der Waals surface area (Å²) >= 11 is 1.62. The van der Waals surface area contributed by atoms with E-state index >= 15 is 0 Å². The van der Waals surface area contributed by atoms with E-state index in [4.69, 9.17) is 4.74 Å². The second kappa shape index (κ2) is 9.33. The number of rotatable bonds is 8. The Balaban J connectivity index is 1.38. The van der Waals surface area contributed by atoms with Gasteiger partial charge >= 0.3 is 5.69 Å². The van der Waals surface area contributed by atoms with E-state index in [1.807, 2.05) is 65.2 Å². The highest BCUT2D eigenvalue weighted by Gasteiger charge is 2.16. The Morgan fingerprint density at radius 2 is 1.79 bits per heavy atom. The number of imidazole rings is 1. The fraction of sp³-hybridized carbons (Fsp3) is 0.167. The number of benzene rings is 2. The maximum Gasteiger partial charge on any atom is 0.326 e. The Morgan fingerprint density at radius 1 is 1.00 bits per heavy atom. The molecule has 0 atom stereocenters. The van der Waals surface area contributed by atoms with Crippen LogP contribution in [-0.4, -0.2) is 42.2 Å². The minimum Gasteiger partial charge on any atom is -0.497 e. The number of aromatic amines is 1. The number of methoxy groups -OCH3 is 1. The van der Waals surface area contributed by atoms with Crippen LogP contribution >= 0.6 is 11.8 Å². The third-order valence-electron chi connectivity index (χ3n) is 5.34. The maximum atomic E-state index is 12.3. The van der Waals surface area contributed by atoms with Crippen LogP contribution in [0.3, 0.4) is 0 Å². The fourth-order valence-corrected chi connectivity index (χ4v) is 4.61. The highest BCUT2D eigenvalue weighted by atomic mass is 32.2. The lowest BCUT2D eigenvalue weighted by Crippen LogP contribution is -2.17. The first-order valence-electron chi connectivity index (χ1n) is 10.5. The average molecular weight is 459 g/mol. The first-order valence-corrected chi connectivity index (χ1v) is 11.5. The van der Waals surface area contributed by atoms with Gasteiger partial charge in [-0.15, -0.1) is 10.2 Å². The molecule has 5 aromatic rings. The number of aryl methyl sites for hydroxylation is 1. The van der Waals surface area contributed by atoms with Gasteiger partial charge in [0.2, 0.25) is 0 Å². The Hall–Kier alpha value is -3.85. The van der Waals surface area contributed by atoms with Gasteiger partial charge in [0.25, 0.3) is 0 Å². The molecule has 0 unspecified atom stereocenters. The van der Waals surface area contributed by atoms with Crippen molar-refractivity contribution in [1.29, 1.82) is 0 Å². The lowest BCUT2D eigenvalue weighted by Gasteiger charge is -2.11. The van der Waals surface area contributed by atoms with Crippen LogP contribution in [-0.2, 0) is 6.54 Å². The molecule has 1 N–H and O–H groups in total. The molecule has 0 aliphatic carbocycles. The highest BCUT2D eigenvalue weighted by molar-refractivity contribution is 7.99. The maximum absolute atomic E-state index is 12.3. The molecule has 3 heterocycles. The monoisotopic (exact) mass is 458 g/mol. The molecule has 0 radical (unpaired) electrons. The third kappa shape index (κ3) is 4.27. The Morgan fingerprint density at radius 3 is 2.58 bits per heavy atom. The summed E-state index contributed by atoms with van der Waals surface area (Å²) in [7, 11) is 1.65. The van der Waals surface area contributed by atoms with Crippen molar-refractivity contribution < 1.29 is 4.74 Å². The standard InChI is InChI=1S/C24H22N6O2S/c1-32-19-9-7-18(8-10-19)30-22(17-11-13-25-14-12-17)27-28-24(30)33-16-4-15-29-21-6-3-2-5-20(21)26-23(29)31/h2-3,5-14H,4,15-16H2,1H3,(H,26,31). The average Bonchev–Trinajstić information content (AvgIpc) is 3.43. The normalized spacial score (nSPS) is 11.2. The molecule has 0 saturated carbocycles. The van der Waals surface area contributed by atoms with Gasteiger partial charge in [-0.2, -0.15) is 0 Å². The lowest BCUT2D eigenvalue weighted by molar-refractivity contribution is 0.414. The first-order chi connectivity index (χ1) is 16.2. The largest absolute Gasteiger partial charge is 0.497 e. The van der Waals surface area contributed by atoms with E-state index in [-0.39, 0.29) is 5.69 Å². The quantitative estimate of drug-likeness (QED) is 0.277. The molecule has 2 aromatic carbocycles. The smallest absolute Gasteiger partial charge is 0.326 e. The number of nitrogens with zero attached hydrogens (tertiary/aromatic N) is 5. The molecule has 0 fully saturated rings. The number of pyridine rings is 1. The summed E-state index contributed by atoms with van der Waals surface area (Å²) in [4.78, 5) is 19.3. The minimum absolute atomic E-state index is 0.0810. The lowest BCUT2D eigenvalue weighted by atomic mass is 10.2. The zero-order valence-corrected chi connectivity index (χ0v) is 18.8. The SMILES string of the molecule is COc1ccc(-n2c(SCCCn3c(=O)[nH]c4ccccc43)nnc2-c2ccncc2)cc1. The fourth-order valence-electron chi connectivity index (χ4n) is 3.73. The molecule has 0 spiro atoms. The number of para-hydroxylation sites is 2. The summed E-state index contributed by atoms with van der Waals surface area (Å²) in [5.41, 5.74) is 3.58. The van der Waals surface area contributed by atoms with Crippen LogP contribution in [0.15, 0.2) is 83.0 Å². The summed E-state index contributed by atoms with van der Waals surface area (Å²) in [5, 5.41) is 9.72. The van der Waals surface area contributed by atoms with E-state index in [1.54, 1.807) is 35.8 Å². The van der Waals surface area contributed by atoms with Crippen molar-refractivity contribution in [2.24, 2.45) is 0 Å². The van der Waals surface area contributed by atoms with Crippen LogP contribution in [0.5, 0.6) is 5.75 Å². The Kier molecular flexibility index (Phi) is 5.95. The van der Waals surface area contributed by atoms with Crippen molar-refractivity contribution in [1.82, 2.24) is 29.3 Å². The van der Waals surface area contributed by atoms with E-state index in [0.717, 1.165) is 51.2 Å². The summed E-state index contributed by atoms with van der Waals surface area (Å²) in [6, 6.07) is 19.4. The van der Waals surface area contributed by atoms with E-state index in [0.29, 0.717) is 6.54 Å². The van der Waals surface area contributed by atoms with Crippen molar-refractivity contribution >= 4 is 22.8 Å². The number of hydrogen-bond acceptors (Lipinski definition) is 6. The van der Waals surface area contributed by atoms with Gasteiger partial charge in [0.05, 0.1) is 18.1 Å². The zero-order valence-electron chi connectivity index (χ0n) is 18.0. The molecule has 0 bridgehead atoms. The summed E-state index contributed by atoms with van der Waals surface area (Å²) in [5.74, 6) is 2.32. The van der Waals surface area contributed by atoms with Gasteiger partial charge in [0.1, 0.15) is 5.75 Å². The number of nitrogens with one attached hydrogen (secondary N) is 1. The number of aromatic nitrogens is 6. The number of H-pyrrole nitrogens is 1. The summed E-state index contributed by atoms with van der Waals surface area (Å²) in [6.07, 6.45) is 4.30. The van der Waals surface area contributed by atoms with Crippen molar-refractivity contribution in [2.75, 3.05) is 12.9 Å². The van der Waals surface area contributed by atoms with Crippen LogP contribution in [0.2, 0.25) is 0 Å². The van der Waals surface area contributed by atoms with Crippen molar-refractivity contribution in [3.63, 3.8) is 0 Å². The third-order valence-corrected chi connectivity index (χ3v) is 6.36. The zero-order chi connectivity index (χ0) is 22.6. The summed E-state index contributed by atoms with van der Waals surface area (Å²) in [6.45, 7) is 0.629. The molecule has 5 rings (SSSR count). The molecule has 166 valence electrons. The Bertz CT molecular complexity index is 1420. The molecule has 0 aliphatic heterocycles. The van der Waals surface area contributed by atoms with Gasteiger partial charge in [-0.05, 0) is 55.0 Å². The van der Waals surface area contributed by atoms with Gasteiger partial charge in [-0.1, -0.05) is 23.9 Å². The van der Waals surface area contributed by atoms with Gasteiger partial charge in [0.15, 0.2) is 11.0 Å². The number of thioether (sulfide) groups is 1. The van der Waals surface area contributed by atoms with Crippen LogP contribution in [0, 0.1) is 0 Å². The predicted octanol–water partition coefficient (Wildman–Crippen LogP) is 4.16. The van der Waals surface area contributed by atoms with Crippen LogP contribution < -0.4 is 10.4 Å². The molecule has 0 saturated heterocycles. The molecule has 3 aromatic heterocycles. The number of ether oxygens (including phenoxy) is 1. The molecule has 0 aliphatic rings. The van der Waals surface area contributed by atoms with Crippen molar-refractivity contribution in [3.8, 4) is 22.8 Å². The molecule has 33 heavy (non-hydrogen) atoms. The number of hydrogen-bond donors (Lipinski definition) is 1. The van der Waals surface area contributed by atoms with Gasteiger partial charge in [-0.3, -0.25) is 14.1 Å². The second-order valence-corrected chi connectivity index (χ2v) is 8.44. The van der Waals surface area contributed by atoms with Crippen molar-refractivity contribution in [3.05, 3.63) is 83.5 Å². The second-order valence-electron chi connectivity index (χ2n) is 7.38. The van der Waals surface area contributed by atoms with E-state index in [2.05, 4.69) is 20.2 Å². The van der Waals surface area contributed by atoms with Crippen LogP contribution in [0.1, 0.15) is 6.42 Å². The topological polar surface area (TPSA) is 90.6 Å². The number of fused-ring (bicyclic) bond motifs is 1. The van der Waals surface area contributed by atoms with Crippen LogP contribution in [0.25, 0.3) is 28.1 Å². The van der Waals surface area contributed by atoms with Gasteiger partial charge < -0.3 is 9.72 Å². The van der Waals surface area contributed by atoms with Crippen molar-refractivity contribution in [2.45, 2.75) is 18.1 Å². The minimum atomic E-state index is -0.0810. The Labute approximate surface area is 194 Å². The van der Waals surface area contributed by atoms with E-state index < -0.39 is 0 Å². The van der Waals surface area contributed by atoms with Crippen LogP contribution in [0.4, 0.5) is 0 Å². The van der Waals surface area contributed by atoms with Gasteiger partial charge in [0, 0.05) is 35.9 Å². The molecule has 8 nitrogen and oxygen atoms in total. The molecule has 9 heteroatoms. The summed E-state index contributed by atoms with van der Waals surface area (Å²) < 4.78 is 9.13. The molecule has 0 amide bonds. The first kappa shape index (κ1) is 21.0.